The number of rotatable bonds is 3. The molecule has 1 heterocycles. The standard InChI is InChI=1S/C6H10O4S2/c1-12(8,9)10-4-5-2-3-11-6(5)7/h5H,2-4H2,1H3. The van der Waals surface area contributed by atoms with Gasteiger partial charge in [0.1, 0.15) is 0 Å². The summed E-state index contributed by atoms with van der Waals surface area (Å²) >= 11 is 1.24. The molecule has 0 aromatic heterocycles. The van der Waals surface area contributed by atoms with Crippen LogP contribution in [-0.4, -0.2) is 32.1 Å². The Balaban J connectivity index is 2.37. The van der Waals surface area contributed by atoms with Crippen LogP contribution in [0.3, 0.4) is 0 Å². The fourth-order valence-corrected chi connectivity index (χ4v) is 2.33. The van der Waals surface area contributed by atoms with Crippen LogP contribution in [0.25, 0.3) is 0 Å². The maximum atomic E-state index is 11.0. The Morgan fingerprint density at radius 2 is 2.33 bits per heavy atom. The van der Waals surface area contributed by atoms with Gasteiger partial charge in [-0.2, -0.15) is 8.42 Å². The first-order chi connectivity index (χ1) is 5.49. The van der Waals surface area contributed by atoms with Crippen LogP contribution in [0.5, 0.6) is 0 Å². The molecule has 4 nitrogen and oxygen atoms in total. The van der Waals surface area contributed by atoms with Gasteiger partial charge in [0, 0.05) is 5.75 Å². The van der Waals surface area contributed by atoms with Crippen molar-refractivity contribution in [2.75, 3.05) is 18.6 Å². The van der Waals surface area contributed by atoms with E-state index in [1.54, 1.807) is 0 Å². The van der Waals surface area contributed by atoms with E-state index >= 15 is 0 Å². The van der Waals surface area contributed by atoms with E-state index in [9.17, 15) is 13.2 Å². The van der Waals surface area contributed by atoms with Crippen LogP contribution in [0, 0.1) is 5.92 Å². The maximum absolute atomic E-state index is 11.0. The molecule has 0 radical (unpaired) electrons. The van der Waals surface area contributed by atoms with E-state index in [2.05, 4.69) is 4.18 Å². The Hall–Kier alpha value is -0.0700. The van der Waals surface area contributed by atoms with Crippen molar-refractivity contribution in [3.63, 3.8) is 0 Å². The zero-order valence-electron chi connectivity index (χ0n) is 6.65. The average Bonchev–Trinajstić information content (AvgIpc) is 2.29. The van der Waals surface area contributed by atoms with Gasteiger partial charge >= 0.3 is 0 Å². The van der Waals surface area contributed by atoms with Gasteiger partial charge in [-0.3, -0.25) is 8.98 Å². The Bertz CT molecular complexity index is 269. The molecule has 0 aliphatic carbocycles. The van der Waals surface area contributed by atoms with Crippen LogP contribution in [0.1, 0.15) is 6.42 Å². The number of thioether (sulfide) groups is 1. The highest BCUT2D eigenvalue weighted by Crippen LogP contribution is 2.25. The summed E-state index contributed by atoms with van der Waals surface area (Å²) in [6.45, 7) is 0.00463. The highest BCUT2D eigenvalue weighted by molar-refractivity contribution is 8.14. The predicted molar refractivity (Wildman–Crippen MR) is 46.4 cm³/mol. The van der Waals surface area contributed by atoms with Gasteiger partial charge in [0.15, 0.2) is 5.12 Å². The average molecular weight is 210 g/mol. The van der Waals surface area contributed by atoms with Gasteiger partial charge in [-0.15, -0.1) is 0 Å². The third-order valence-electron chi connectivity index (χ3n) is 1.53. The lowest BCUT2D eigenvalue weighted by atomic mass is 10.1. The Morgan fingerprint density at radius 1 is 1.67 bits per heavy atom. The van der Waals surface area contributed by atoms with Crippen LogP contribution in [0.4, 0.5) is 0 Å². The van der Waals surface area contributed by atoms with E-state index in [1.165, 1.54) is 11.8 Å². The van der Waals surface area contributed by atoms with Gasteiger partial charge in [0.05, 0.1) is 18.8 Å². The molecule has 1 fully saturated rings. The molecule has 0 saturated carbocycles. The fourth-order valence-electron chi connectivity index (χ4n) is 0.895. The van der Waals surface area contributed by atoms with E-state index in [-0.39, 0.29) is 17.6 Å². The zero-order valence-corrected chi connectivity index (χ0v) is 8.28. The quantitative estimate of drug-likeness (QED) is 0.625. The van der Waals surface area contributed by atoms with Crippen LogP contribution in [0.2, 0.25) is 0 Å². The molecular weight excluding hydrogens is 200 g/mol. The molecule has 1 rings (SSSR count). The molecule has 6 heteroatoms. The van der Waals surface area contributed by atoms with Gasteiger partial charge < -0.3 is 0 Å². The first-order valence-corrected chi connectivity index (χ1v) is 6.30. The number of hydrogen-bond donors (Lipinski definition) is 0. The minimum Gasteiger partial charge on any atom is -0.287 e. The van der Waals surface area contributed by atoms with Crippen LogP contribution >= 0.6 is 11.8 Å². The second kappa shape index (κ2) is 3.76. The van der Waals surface area contributed by atoms with Crippen molar-refractivity contribution in [3.8, 4) is 0 Å². The predicted octanol–water partition coefficient (Wildman–Crippen LogP) is 0.242. The summed E-state index contributed by atoms with van der Waals surface area (Å²) in [5.41, 5.74) is 0. The Kier molecular flexibility index (Phi) is 3.14. The number of carbonyl (C=O) groups is 1. The van der Waals surface area contributed by atoms with Crippen LogP contribution in [0.15, 0.2) is 0 Å². The van der Waals surface area contributed by atoms with E-state index in [0.29, 0.717) is 0 Å². The van der Waals surface area contributed by atoms with E-state index in [1.807, 2.05) is 0 Å². The van der Waals surface area contributed by atoms with E-state index in [0.717, 1.165) is 18.4 Å². The molecule has 0 bridgehead atoms. The van der Waals surface area contributed by atoms with Gasteiger partial charge in [-0.25, -0.2) is 0 Å². The number of hydrogen-bond acceptors (Lipinski definition) is 5. The lowest BCUT2D eigenvalue weighted by molar-refractivity contribution is -0.114. The van der Waals surface area contributed by atoms with Crippen molar-refractivity contribution in [1.29, 1.82) is 0 Å². The molecule has 0 amide bonds. The minimum absolute atomic E-state index is 0.00463. The normalized spacial score (nSPS) is 24.8. The lowest BCUT2D eigenvalue weighted by Gasteiger charge is -2.04. The fraction of sp³-hybridized carbons (Fsp3) is 0.833. The Labute approximate surface area is 75.8 Å². The Morgan fingerprint density at radius 3 is 2.75 bits per heavy atom. The van der Waals surface area contributed by atoms with Crippen molar-refractivity contribution >= 4 is 27.0 Å². The van der Waals surface area contributed by atoms with Crippen molar-refractivity contribution in [2.24, 2.45) is 5.92 Å². The van der Waals surface area contributed by atoms with Gasteiger partial charge in [0.2, 0.25) is 0 Å². The largest absolute Gasteiger partial charge is 0.287 e. The minimum atomic E-state index is -3.40. The molecule has 0 N–H and O–H groups in total. The molecule has 1 atom stereocenters. The molecule has 70 valence electrons. The third kappa shape index (κ3) is 3.12. The molecule has 0 aromatic carbocycles. The first-order valence-electron chi connectivity index (χ1n) is 3.50. The zero-order chi connectivity index (χ0) is 9.19. The summed E-state index contributed by atoms with van der Waals surface area (Å²) in [4.78, 5) is 11.0. The second-order valence-electron chi connectivity index (χ2n) is 2.64. The molecule has 1 aliphatic rings. The summed E-state index contributed by atoms with van der Waals surface area (Å²) in [6.07, 6.45) is 1.71. The summed E-state index contributed by atoms with van der Waals surface area (Å²) in [5, 5.41) is 0.0404. The summed E-state index contributed by atoms with van der Waals surface area (Å²) in [5.74, 6) is 0.543. The maximum Gasteiger partial charge on any atom is 0.264 e. The third-order valence-corrected chi connectivity index (χ3v) is 3.15. The summed E-state index contributed by atoms with van der Waals surface area (Å²) < 4.78 is 25.6. The molecule has 1 saturated heterocycles. The SMILES string of the molecule is CS(=O)(=O)OCC1CCSC1=O. The number of carbonyl (C=O) groups excluding carboxylic acids is 1. The van der Waals surface area contributed by atoms with Crippen molar-refractivity contribution in [1.82, 2.24) is 0 Å². The van der Waals surface area contributed by atoms with Crippen molar-refractivity contribution in [2.45, 2.75) is 6.42 Å². The van der Waals surface area contributed by atoms with Crippen LogP contribution < -0.4 is 0 Å². The van der Waals surface area contributed by atoms with Gasteiger partial charge in [-0.05, 0) is 6.42 Å². The topological polar surface area (TPSA) is 60.4 Å². The smallest absolute Gasteiger partial charge is 0.264 e. The van der Waals surface area contributed by atoms with Gasteiger partial charge in [-0.1, -0.05) is 11.8 Å². The van der Waals surface area contributed by atoms with Crippen LogP contribution in [-0.2, 0) is 19.1 Å². The molecular formula is C6H10O4S2. The lowest BCUT2D eigenvalue weighted by Crippen LogP contribution is -2.15. The van der Waals surface area contributed by atoms with Crippen molar-refractivity contribution in [3.05, 3.63) is 0 Å². The molecule has 0 spiro atoms. The highest BCUT2D eigenvalue weighted by Gasteiger charge is 2.26. The second-order valence-corrected chi connectivity index (χ2v) is 5.38. The van der Waals surface area contributed by atoms with E-state index < -0.39 is 10.1 Å². The molecule has 1 unspecified atom stereocenters. The highest BCUT2D eigenvalue weighted by atomic mass is 32.2. The summed E-state index contributed by atoms with van der Waals surface area (Å²) in [7, 11) is -3.40. The van der Waals surface area contributed by atoms with Gasteiger partial charge in [0.25, 0.3) is 10.1 Å². The molecule has 0 aromatic rings. The summed E-state index contributed by atoms with van der Waals surface area (Å²) in [6, 6.07) is 0. The molecule has 12 heavy (non-hydrogen) atoms. The monoisotopic (exact) mass is 210 g/mol. The van der Waals surface area contributed by atoms with Crippen molar-refractivity contribution < 1.29 is 17.4 Å². The van der Waals surface area contributed by atoms with E-state index in [4.69, 9.17) is 0 Å². The molecule has 1 aliphatic heterocycles. The first kappa shape index (κ1) is 10.0.